The van der Waals surface area contributed by atoms with Crippen LogP contribution in [0.15, 0.2) is 48.5 Å². The normalized spacial score (nSPS) is 16.3. The van der Waals surface area contributed by atoms with E-state index in [9.17, 15) is 19.2 Å². The molecule has 1 aliphatic heterocycles. The lowest BCUT2D eigenvalue weighted by atomic mass is 9.94. The lowest BCUT2D eigenvalue weighted by Crippen LogP contribution is -2.52. The SMILES string of the molecule is COc1ccc(-c2ccc(CN3CCC(=O)C(C(=O)NCC(=O)O)C3=O)cc2)cc1. The molecule has 0 radical (unpaired) electrons. The zero-order chi connectivity index (χ0) is 21.7. The number of benzene rings is 2. The van der Waals surface area contributed by atoms with Crippen molar-refractivity contribution in [3.8, 4) is 16.9 Å². The van der Waals surface area contributed by atoms with Crippen LogP contribution in [0.3, 0.4) is 0 Å². The molecule has 2 aromatic carbocycles. The van der Waals surface area contributed by atoms with Gasteiger partial charge in [0, 0.05) is 19.5 Å². The van der Waals surface area contributed by atoms with Crippen molar-refractivity contribution in [3.63, 3.8) is 0 Å². The summed E-state index contributed by atoms with van der Waals surface area (Å²) in [6.07, 6.45) is 0.0564. The summed E-state index contributed by atoms with van der Waals surface area (Å²) in [6, 6.07) is 15.3. The number of piperidine rings is 1. The smallest absolute Gasteiger partial charge is 0.322 e. The number of rotatable bonds is 7. The average Bonchev–Trinajstić information content (AvgIpc) is 2.75. The number of amides is 2. The standard InChI is InChI=1S/C22H22N2O6/c1-30-17-8-6-16(7-9-17)15-4-2-14(3-5-15)13-24-11-10-18(25)20(22(24)29)21(28)23-12-19(26)27/h2-9,20H,10-13H2,1H3,(H,23,28)(H,26,27). The first kappa shape index (κ1) is 21.0. The Hall–Kier alpha value is -3.68. The van der Waals surface area contributed by atoms with E-state index >= 15 is 0 Å². The van der Waals surface area contributed by atoms with E-state index in [-0.39, 0.29) is 19.5 Å². The summed E-state index contributed by atoms with van der Waals surface area (Å²) in [6.45, 7) is -0.152. The number of aliphatic carboxylic acids is 1. The molecule has 2 aromatic rings. The number of hydrogen-bond acceptors (Lipinski definition) is 5. The number of carboxylic acids is 1. The molecule has 1 fully saturated rings. The van der Waals surface area contributed by atoms with Crippen LogP contribution in [0.1, 0.15) is 12.0 Å². The van der Waals surface area contributed by atoms with Crippen molar-refractivity contribution in [2.75, 3.05) is 20.2 Å². The zero-order valence-corrected chi connectivity index (χ0v) is 16.5. The van der Waals surface area contributed by atoms with Gasteiger partial charge in [-0.1, -0.05) is 36.4 Å². The Balaban J connectivity index is 1.67. The lowest BCUT2D eigenvalue weighted by molar-refractivity contribution is -0.152. The van der Waals surface area contributed by atoms with Gasteiger partial charge >= 0.3 is 5.97 Å². The number of carbonyl (C=O) groups is 4. The Bertz CT molecular complexity index is 953. The number of ketones is 1. The van der Waals surface area contributed by atoms with E-state index in [1.54, 1.807) is 7.11 Å². The van der Waals surface area contributed by atoms with Crippen LogP contribution in [0.5, 0.6) is 5.75 Å². The van der Waals surface area contributed by atoms with Gasteiger partial charge in [-0.3, -0.25) is 19.2 Å². The van der Waals surface area contributed by atoms with Crippen molar-refractivity contribution in [3.05, 3.63) is 54.1 Å². The molecule has 0 saturated carbocycles. The minimum atomic E-state index is -1.49. The Labute approximate surface area is 173 Å². The highest BCUT2D eigenvalue weighted by atomic mass is 16.5. The largest absolute Gasteiger partial charge is 0.497 e. The summed E-state index contributed by atoms with van der Waals surface area (Å²) >= 11 is 0. The van der Waals surface area contributed by atoms with Gasteiger partial charge in [-0.2, -0.15) is 0 Å². The van der Waals surface area contributed by atoms with Crippen molar-refractivity contribution in [2.24, 2.45) is 5.92 Å². The summed E-state index contributed by atoms with van der Waals surface area (Å²) in [7, 11) is 1.61. The van der Waals surface area contributed by atoms with Crippen LogP contribution in [0.2, 0.25) is 0 Å². The van der Waals surface area contributed by atoms with Crippen LogP contribution in [-0.2, 0) is 25.7 Å². The predicted molar refractivity (Wildman–Crippen MR) is 108 cm³/mol. The number of Topliss-reactive ketones (excluding diaryl/α,β-unsaturated/α-hetero) is 1. The van der Waals surface area contributed by atoms with Gasteiger partial charge in [0.15, 0.2) is 11.7 Å². The van der Waals surface area contributed by atoms with E-state index in [0.29, 0.717) is 0 Å². The first-order valence-corrected chi connectivity index (χ1v) is 9.43. The quantitative estimate of drug-likeness (QED) is 0.669. The molecule has 156 valence electrons. The maximum absolute atomic E-state index is 12.7. The van der Waals surface area contributed by atoms with Crippen LogP contribution in [0, 0.1) is 5.92 Å². The third kappa shape index (κ3) is 4.83. The maximum Gasteiger partial charge on any atom is 0.322 e. The first-order valence-electron chi connectivity index (χ1n) is 9.43. The molecule has 0 bridgehead atoms. The van der Waals surface area contributed by atoms with Crippen molar-refractivity contribution < 1.29 is 29.0 Å². The average molecular weight is 410 g/mol. The second kappa shape index (κ2) is 9.21. The highest BCUT2D eigenvalue weighted by Gasteiger charge is 2.40. The number of hydrogen-bond donors (Lipinski definition) is 2. The number of nitrogens with one attached hydrogen (secondary N) is 1. The topological polar surface area (TPSA) is 113 Å². The molecule has 3 rings (SSSR count). The summed E-state index contributed by atoms with van der Waals surface area (Å²) in [5, 5.41) is 10.8. The minimum Gasteiger partial charge on any atom is -0.497 e. The van der Waals surface area contributed by atoms with Crippen molar-refractivity contribution in [1.82, 2.24) is 10.2 Å². The Kier molecular flexibility index (Phi) is 6.46. The fraction of sp³-hybridized carbons (Fsp3) is 0.273. The van der Waals surface area contributed by atoms with Crippen molar-refractivity contribution in [2.45, 2.75) is 13.0 Å². The Morgan fingerprint density at radius 2 is 1.67 bits per heavy atom. The molecule has 1 heterocycles. The van der Waals surface area contributed by atoms with E-state index < -0.39 is 36.0 Å². The number of likely N-dealkylation sites (tertiary alicyclic amines) is 1. The van der Waals surface area contributed by atoms with E-state index in [1.807, 2.05) is 48.5 Å². The van der Waals surface area contributed by atoms with Gasteiger partial charge in [-0.05, 0) is 28.8 Å². The third-order valence-corrected chi connectivity index (χ3v) is 4.94. The fourth-order valence-corrected chi connectivity index (χ4v) is 3.31. The van der Waals surface area contributed by atoms with Gasteiger partial charge in [-0.15, -0.1) is 0 Å². The second-order valence-corrected chi connectivity index (χ2v) is 6.95. The van der Waals surface area contributed by atoms with Crippen molar-refractivity contribution >= 4 is 23.6 Å². The summed E-state index contributed by atoms with van der Waals surface area (Å²) in [4.78, 5) is 48.9. The molecule has 1 aliphatic rings. The van der Waals surface area contributed by atoms with Crippen LogP contribution in [-0.4, -0.2) is 53.8 Å². The maximum atomic E-state index is 12.7. The van der Waals surface area contributed by atoms with Gasteiger partial charge in [-0.25, -0.2) is 0 Å². The molecule has 2 N–H and O–H groups in total. The molecule has 30 heavy (non-hydrogen) atoms. The fourth-order valence-electron chi connectivity index (χ4n) is 3.31. The highest BCUT2D eigenvalue weighted by Crippen LogP contribution is 2.24. The van der Waals surface area contributed by atoms with Crippen LogP contribution in [0.25, 0.3) is 11.1 Å². The van der Waals surface area contributed by atoms with Crippen LogP contribution < -0.4 is 10.1 Å². The number of nitrogens with zero attached hydrogens (tertiary/aromatic N) is 1. The van der Waals surface area contributed by atoms with E-state index in [2.05, 4.69) is 5.32 Å². The van der Waals surface area contributed by atoms with E-state index in [1.165, 1.54) is 4.90 Å². The lowest BCUT2D eigenvalue weighted by Gasteiger charge is -2.30. The summed E-state index contributed by atoms with van der Waals surface area (Å²) in [5.41, 5.74) is 2.89. The molecule has 0 aliphatic carbocycles. The highest BCUT2D eigenvalue weighted by molar-refractivity contribution is 6.19. The number of carbonyl (C=O) groups excluding carboxylic acids is 3. The van der Waals surface area contributed by atoms with Crippen molar-refractivity contribution in [1.29, 1.82) is 0 Å². The molecule has 1 saturated heterocycles. The molecule has 0 aromatic heterocycles. The van der Waals surface area contributed by atoms with Gasteiger partial charge in [0.25, 0.3) is 0 Å². The van der Waals surface area contributed by atoms with E-state index in [0.717, 1.165) is 22.4 Å². The minimum absolute atomic E-state index is 0.0564. The third-order valence-electron chi connectivity index (χ3n) is 4.94. The molecule has 2 amide bonds. The molecular weight excluding hydrogens is 388 g/mol. The predicted octanol–water partition coefficient (Wildman–Crippen LogP) is 1.48. The zero-order valence-electron chi connectivity index (χ0n) is 16.5. The van der Waals surface area contributed by atoms with Gasteiger partial charge in [0.05, 0.1) is 7.11 Å². The summed E-state index contributed by atoms with van der Waals surface area (Å²) < 4.78 is 5.16. The van der Waals surface area contributed by atoms with Crippen LogP contribution >= 0.6 is 0 Å². The van der Waals surface area contributed by atoms with Gasteiger partial charge in [0.1, 0.15) is 12.3 Å². The van der Waals surface area contributed by atoms with E-state index in [4.69, 9.17) is 9.84 Å². The first-order chi connectivity index (χ1) is 14.4. The Morgan fingerprint density at radius 1 is 1.07 bits per heavy atom. The summed E-state index contributed by atoms with van der Waals surface area (Å²) in [5.74, 6) is -3.92. The monoisotopic (exact) mass is 410 g/mol. The second-order valence-electron chi connectivity index (χ2n) is 6.95. The molecule has 1 atom stereocenters. The molecule has 1 unspecified atom stereocenters. The van der Waals surface area contributed by atoms with Crippen LogP contribution in [0.4, 0.5) is 0 Å². The molecule has 8 heteroatoms. The number of ether oxygens (including phenoxy) is 1. The number of methoxy groups -OCH3 is 1. The number of carboxylic acid groups (broad SMARTS) is 1. The molecular formula is C22H22N2O6. The molecule has 0 spiro atoms. The van der Waals surface area contributed by atoms with Gasteiger partial charge in [0.2, 0.25) is 11.8 Å². The van der Waals surface area contributed by atoms with Gasteiger partial charge < -0.3 is 20.1 Å². The Morgan fingerprint density at radius 3 is 2.23 bits per heavy atom. The molecule has 8 nitrogen and oxygen atoms in total.